The van der Waals surface area contributed by atoms with Gasteiger partial charge in [-0.15, -0.1) is 0 Å². The van der Waals surface area contributed by atoms with Gasteiger partial charge in [-0.05, 0) is 37.2 Å². The summed E-state index contributed by atoms with van der Waals surface area (Å²) in [5.41, 5.74) is 11.7. The molecule has 1 aromatic carbocycles. The molecule has 10 heteroatoms. The molecule has 2 aromatic rings. The number of benzene rings is 1. The van der Waals surface area contributed by atoms with Gasteiger partial charge in [0.1, 0.15) is 11.6 Å². The van der Waals surface area contributed by atoms with Crippen LogP contribution in [-0.2, 0) is 4.79 Å². The number of carbonyl (C=O) groups excluding carboxylic acids is 1. The number of aromatic nitrogens is 1. The van der Waals surface area contributed by atoms with Gasteiger partial charge >= 0.3 is 0 Å². The topological polar surface area (TPSA) is 96.0 Å². The highest BCUT2D eigenvalue weighted by atomic mass is 19.1. The Hall–Kier alpha value is -2.63. The Labute approximate surface area is 192 Å². The zero-order valence-electron chi connectivity index (χ0n) is 18.8. The number of fused-ring (bicyclic) bond motifs is 1. The predicted octanol–water partition coefficient (Wildman–Crippen LogP) is 0.469. The minimum atomic E-state index is -0.427. The van der Waals surface area contributed by atoms with Crippen molar-refractivity contribution in [1.29, 1.82) is 0 Å². The number of halogens is 1. The molecule has 0 aliphatic carbocycles. The number of aliphatic hydroxyl groups is 1. The Morgan fingerprint density at radius 3 is 2.79 bits per heavy atom. The molecule has 1 amide bonds. The van der Waals surface area contributed by atoms with Crippen molar-refractivity contribution in [1.82, 2.24) is 26.2 Å². The molecule has 3 fully saturated rings. The first-order valence-corrected chi connectivity index (χ1v) is 11.3. The Balaban J connectivity index is 1.34. The summed E-state index contributed by atoms with van der Waals surface area (Å²) in [5, 5.41) is 11.0. The van der Waals surface area contributed by atoms with Crippen molar-refractivity contribution < 1.29 is 14.3 Å². The van der Waals surface area contributed by atoms with E-state index in [1.807, 2.05) is 25.4 Å². The molecule has 5 rings (SSSR count). The van der Waals surface area contributed by atoms with Gasteiger partial charge in [-0.3, -0.25) is 15.1 Å². The van der Waals surface area contributed by atoms with E-state index in [9.17, 15) is 14.3 Å². The summed E-state index contributed by atoms with van der Waals surface area (Å²) in [7, 11) is 2.03. The van der Waals surface area contributed by atoms with Gasteiger partial charge in [-0.1, -0.05) is 18.2 Å². The number of aliphatic hydroxyl groups excluding tert-OH is 1. The van der Waals surface area contributed by atoms with Crippen molar-refractivity contribution in [2.75, 3.05) is 43.2 Å². The minimum Gasteiger partial charge on any atom is -0.395 e. The summed E-state index contributed by atoms with van der Waals surface area (Å²) >= 11 is 0. The number of anilines is 2. The number of aryl methyl sites for hydroxylation is 1. The molecular weight excluding hydrogens is 425 g/mol. The SMILES string of the molecule is Cc1cccc(F)c1N1NC2C(CC1=O)NNC2c1ccc(N2CCN(C)C(CO)C2)nc1. The number of hydrogen-bond acceptors (Lipinski definition) is 8. The van der Waals surface area contributed by atoms with Crippen molar-refractivity contribution in [2.45, 2.75) is 37.5 Å². The largest absolute Gasteiger partial charge is 0.395 e. The third kappa shape index (κ3) is 4.09. The molecule has 33 heavy (non-hydrogen) atoms. The normalized spacial score (nSPS) is 28.3. The molecule has 0 bridgehead atoms. The Kier molecular flexibility index (Phi) is 6.02. The van der Waals surface area contributed by atoms with Crippen LogP contribution >= 0.6 is 0 Å². The third-order valence-electron chi connectivity index (χ3n) is 6.99. The first-order chi connectivity index (χ1) is 16.0. The molecule has 1 aromatic heterocycles. The Morgan fingerprint density at radius 2 is 2.06 bits per heavy atom. The molecule has 3 aliphatic heterocycles. The van der Waals surface area contributed by atoms with Gasteiger partial charge in [-0.25, -0.2) is 25.2 Å². The van der Waals surface area contributed by atoms with Crippen molar-refractivity contribution >= 4 is 17.4 Å². The average Bonchev–Trinajstić information content (AvgIpc) is 3.22. The summed E-state index contributed by atoms with van der Waals surface area (Å²) in [6, 6.07) is 8.52. The predicted molar refractivity (Wildman–Crippen MR) is 123 cm³/mol. The van der Waals surface area contributed by atoms with Crippen LogP contribution < -0.4 is 26.2 Å². The smallest absolute Gasteiger partial charge is 0.243 e. The lowest BCUT2D eigenvalue weighted by Gasteiger charge is -2.39. The summed E-state index contributed by atoms with van der Waals surface area (Å²) in [5.74, 6) is 0.272. The first kappa shape index (κ1) is 22.2. The van der Waals surface area contributed by atoms with Gasteiger partial charge < -0.3 is 10.0 Å². The van der Waals surface area contributed by atoms with Gasteiger partial charge in [0, 0.05) is 38.3 Å². The third-order valence-corrected chi connectivity index (χ3v) is 6.99. The van der Waals surface area contributed by atoms with E-state index >= 15 is 0 Å². The van der Waals surface area contributed by atoms with Crippen LogP contribution in [0.2, 0.25) is 0 Å². The van der Waals surface area contributed by atoms with E-state index in [0.717, 1.165) is 31.0 Å². The fraction of sp³-hybridized carbons (Fsp3) is 0.478. The molecule has 0 radical (unpaired) electrons. The highest BCUT2D eigenvalue weighted by Gasteiger charge is 2.44. The standard InChI is InChI=1S/C23H30FN7O2/c1-14-4-3-5-17(24)23(14)31-20(33)10-18-22(28-31)21(27-26-18)15-6-7-19(25-11-15)30-9-8-29(2)16(12-30)13-32/h3-7,11,16,18,21-22,26-28,32H,8-10,12-13H2,1-2H3. The zero-order valence-corrected chi connectivity index (χ0v) is 18.8. The van der Waals surface area contributed by atoms with Crippen LogP contribution in [0.5, 0.6) is 0 Å². The molecule has 176 valence electrons. The second-order valence-corrected chi connectivity index (χ2v) is 9.08. The number of pyridine rings is 1. The number of carbonyl (C=O) groups is 1. The van der Waals surface area contributed by atoms with E-state index in [1.54, 1.807) is 19.1 Å². The van der Waals surface area contributed by atoms with Crippen LogP contribution in [0.3, 0.4) is 0 Å². The number of para-hydroxylation sites is 1. The number of hydrazine groups is 2. The summed E-state index contributed by atoms with van der Waals surface area (Å²) in [6.07, 6.45) is 2.10. The average molecular weight is 456 g/mol. The van der Waals surface area contributed by atoms with Crippen molar-refractivity contribution in [3.05, 3.63) is 53.5 Å². The van der Waals surface area contributed by atoms with Crippen molar-refractivity contribution in [2.24, 2.45) is 0 Å². The molecule has 4 atom stereocenters. The number of amides is 1. The van der Waals surface area contributed by atoms with Crippen molar-refractivity contribution in [3.8, 4) is 0 Å². The van der Waals surface area contributed by atoms with Crippen LogP contribution in [-0.4, -0.2) is 72.3 Å². The van der Waals surface area contributed by atoms with Crippen molar-refractivity contribution in [3.63, 3.8) is 0 Å². The lowest BCUT2D eigenvalue weighted by Crippen LogP contribution is -2.60. The van der Waals surface area contributed by atoms with Gasteiger partial charge in [0.15, 0.2) is 0 Å². The lowest BCUT2D eigenvalue weighted by atomic mass is 9.94. The second-order valence-electron chi connectivity index (χ2n) is 9.08. The van der Waals surface area contributed by atoms with E-state index in [4.69, 9.17) is 0 Å². The van der Waals surface area contributed by atoms with Crippen LogP contribution in [0, 0.1) is 12.7 Å². The second kappa shape index (κ2) is 8.96. The molecular formula is C23H30FN7O2. The van der Waals surface area contributed by atoms with E-state index in [2.05, 4.69) is 31.1 Å². The van der Waals surface area contributed by atoms with Gasteiger partial charge in [0.05, 0.1) is 30.4 Å². The fourth-order valence-electron chi connectivity index (χ4n) is 4.96. The molecule has 4 unspecified atom stereocenters. The van der Waals surface area contributed by atoms with Crippen LogP contribution in [0.1, 0.15) is 23.6 Å². The van der Waals surface area contributed by atoms with E-state index in [1.165, 1.54) is 11.1 Å². The van der Waals surface area contributed by atoms with E-state index < -0.39 is 5.82 Å². The molecule has 4 heterocycles. The van der Waals surface area contributed by atoms with Gasteiger partial charge in [0.25, 0.3) is 0 Å². The first-order valence-electron chi connectivity index (χ1n) is 11.3. The summed E-state index contributed by atoms with van der Waals surface area (Å²) in [6.45, 7) is 4.37. The highest BCUT2D eigenvalue weighted by Crippen LogP contribution is 2.32. The van der Waals surface area contributed by atoms with Gasteiger partial charge in [-0.2, -0.15) is 0 Å². The molecule has 3 saturated heterocycles. The summed E-state index contributed by atoms with van der Waals surface area (Å²) < 4.78 is 14.6. The minimum absolute atomic E-state index is 0.0958. The highest BCUT2D eigenvalue weighted by molar-refractivity contribution is 5.94. The molecule has 9 nitrogen and oxygen atoms in total. The zero-order chi connectivity index (χ0) is 23.1. The Morgan fingerprint density at radius 1 is 1.21 bits per heavy atom. The maximum Gasteiger partial charge on any atom is 0.243 e. The Bertz CT molecular complexity index is 1000. The van der Waals surface area contributed by atoms with E-state index in [0.29, 0.717) is 5.56 Å². The number of nitrogens with one attached hydrogen (secondary N) is 3. The molecule has 4 N–H and O–H groups in total. The number of hydrogen-bond donors (Lipinski definition) is 4. The van der Waals surface area contributed by atoms with Crippen LogP contribution in [0.25, 0.3) is 0 Å². The number of likely N-dealkylation sites (N-methyl/N-ethyl adjacent to an activating group) is 1. The van der Waals surface area contributed by atoms with Gasteiger partial charge in [0.2, 0.25) is 5.91 Å². The number of piperazine rings is 1. The van der Waals surface area contributed by atoms with E-state index in [-0.39, 0.29) is 48.8 Å². The molecule has 0 saturated carbocycles. The lowest BCUT2D eigenvalue weighted by molar-refractivity contribution is -0.121. The fourth-order valence-corrected chi connectivity index (χ4v) is 4.96. The number of rotatable bonds is 4. The quantitative estimate of drug-likeness (QED) is 0.529. The molecule has 3 aliphatic rings. The maximum atomic E-state index is 14.6. The van der Waals surface area contributed by atoms with Crippen LogP contribution in [0.4, 0.5) is 15.9 Å². The molecule has 0 spiro atoms. The maximum absolute atomic E-state index is 14.6. The summed E-state index contributed by atoms with van der Waals surface area (Å²) in [4.78, 5) is 21.8. The number of nitrogens with zero attached hydrogens (tertiary/aromatic N) is 4. The monoisotopic (exact) mass is 455 g/mol. The van der Waals surface area contributed by atoms with Crippen LogP contribution in [0.15, 0.2) is 36.5 Å².